The van der Waals surface area contributed by atoms with E-state index < -0.39 is 32.6 Å². The molecular weight excluding hydrogens is 917 g/mol. The third-order valence-corrected chi connectivity index (χ3v) is 13.5. The van der Waals surface area contributed by atoms with Gasteiger partial charge in [0.05, 0.1) is 8.07 Å². The Morgan fingerprint density at radius 3 is 1.91 bits per heavy atom. The van der Waals surface area contributed by atoms with Crippen LogP contribution in [0.25, 0.3) is 64.9 Å². The van der Waals surface area contributed by atoms with Crippen LogP contribution in [0.2, 0.25) is 19.6 Å². The zero-order valence-corrected chi connectivity index (χ0v) is 39.0. The van der Waals surface area contributed by atoms with Crippen molar-refractivity contribution in [3.05, 3.63) is 162 Å². The summed E-state index contributed by atoms with van der Waals surface area (Å²) in [5, 5.41) is 3.53. The van der Waals surface area contributed by atoms with E-state index in [9.17, 15) is 0 Å². The molecule has 3 heterocycles. The summed E-state index contributed by atoms with van der Waals surface area (Å²) in [5.74, 6) is -2.38. The van der Waals surface area contributed by atoms with Gasteiger partial charge in [-0.1, -0.05) is 174 Å². The van der Waals surface area contributed by atoms with E-state index in [0.717, 1.165) is 70.4 Å². The third kappa shape index (κ3) is 9.19. The van der Waals surface area contributed by atoms with Gasteiger partial charge in [-0.2, -0.15) is 11.3 Å². The Kier molecular flexibility index (Phi) is 11.1. The summed E-state index contributed by atoms with van der Waals surface area (Å²) in [6, 6.07) is 45.6. The van der Waals surface area contributed by atoms with Crippen LogP contribution in [-0.2, 0) is 20.1 Å². The first-order valence-electron chi connectivity index (χ1n) is 22.5. The molecule has 1 radical (unpaired) electrons. The molecule has 0 spiro atoms. The predicted octanol–water partition coefficient (Wildman–Crippen LogP) is 15.0. The molecule has 0 aliphatic carbocycles. The summed E-state index contributed by atoms with van der Waals surface area (Å²) in [6.07, 6.45) is 3.38. The van der Waals surface area contributed by atoms with Crippen molar-refractivity contribution in [1.29, 1.82) is 0 Å². The van der Waals surface area contributed by atoms with Gasteiger partial charge in [0.1, 0.15) is 0 Å². The van der Waals surface area contributed by atoms with Crippen molar-refractivity contribution in [2.75, 3.05) is 0 Å². The molecule has 2 nitrogen and oxygen atoms in total. The van der Waals surface area contributed by atoms with Gasteiger partial charge in [0.2, 0.25) is 0 Å². The average molecular weight is 977 g/mol. The van der Waals surface area contributed by atoms with Gasteiger partial charge in [0, 0.05) is 45.4 Å². The van der Waals surface area contributed by atoms with Crippen molar-refractivity contribution in [2.45, 2.75) is 85.7 Å². The van der Waals surface area contributed by atoms with Gasteiger partial charge in [0.25, 0.3) is 0 Å². The minimum atomic E-state index is -2.35. The number of fused-ring (bicyclic) bond motifs is 3. The quantitative estimate of drug-likeness (QED) is 0.112. The maximum atomic E-state index is 8.67. The largest absolute Gasteiger partial charge is 0.305 e. The van der Waals surface area contributed by atoms with E-state index in [1.165, 1.54) is 11.4 Å². The van der Waals surface area contributed by atoms with E-state index in [4.69, 9.17) is 8.22 Å². The summed E-state index contributed by atoms with van der Waals surface area (Å²) in [4.78, 5) is 9.26. The molecule has 0 atom stereocenters. The fourth-order valence-electron chi connectivity index (χ4n) is 7.18. The molecule has 297 valence electrons. The molecule has 0 fully saturated rings. The Morgan fingerprint density at radius 1 is 0.655 bits per heavy atom. The number of rotatable bonds is 8. The summed E-state index contributed by atoms with van der Waals surface area (Å²) in [6.45, 7) is 15.6. The summed E-state index contributed by atoms with van der Waals surface area (Å²) < 4.78 is 51.5. The fraction of sp³-hybridized carbons (Fsp3) is 0.245. The number of aryl methyl sites for hydroxylation is 1. The Balaban J connectivity index is 0.000000235. The van der Waals surface area contributed by atoms with Gasteiger partial charge in [0.15, 0.2) is 0 Å². The smallest absolute Gasteiger partial charge is 0.0799 e. The van der Waals surface area contributed by atoms with Crippen LogP contribution < -0.4 is 5.19 Å². The molecule has 0 N–H and O–H groups in total. The first-order chi connectivity index (χ1) is 29.4. The van der Waals surface area contributed by atoms with Crippen LogP contribution >= 0.6 is 11.3 Å². The van der Waals surface area contributed by atoms with Crippen LogP contribution in [0.15, 0.2) is 128 Å². The maximum absolute atomic E-state index is 8.67. The Labute approximate surface area is 373 Å². The van der Waals surface area contributed by atoms with E-state index in [2.05, 4.69) is 90.3 Å². The SMILES string of the molecule is [2H]C(C)(C)c1c[c-]c(-c2cc(C([2H])(C)C)c([Si](C)(C)C)cn2)cc1.[2H]C([2H])([2H])c1cnc(-c2[c-]cc(-c3ccccc3)c3c2sc2cc(-c4ccccc4)ccc23)cc1C([2H])(C)C.[Ir]. The predicted molar refractivity (Wildman–Crippen MR) is 251 cm³/mol. The van der Waals surface area contributed by atoms with E-state index >= 15 is 0 Å². The second-order valence-corrected chi connectivity index (χ2v) is 22.4. The van der Waals surface area contributed by atoms with Gasteiger partial charge in [-0.15, -0.1) is 53.1 Å². The van der Waals surface area contributed by atoms with Gasteiger partial charge in [-0.05, 0) is 73.6 Å². The number of hydrogen-bond acceptors (Lipinski definition) is 3. The van der Waals surface area contributed by atoms with Gasteiger partial charge < -0.3 is 9.97 Å². The maximum Gasteiger partial charge on any atom is 0.0799 e. The van der Waals surface area contributed by atoms with E-state index in [0.29, 0.717) is 11.3 Å². The molecule has 8 rings (SSSR count). The van der Waals surface area contributed by atoms with Crippen molar-refractivity contribution >= 4 is 44.8 Å². The molecule has 0 saturated heterocycles. The van der Waals surface area contributed by atoms with Crippen LogP contribution in [-0.4, -0.2) is 18.0 Å². The monoisotopic (exact) mass is 977 g/mol. The van der Waals surface area contributed by atoms with Crippen LogP contribution in [0, 0.1) is 19.0 Å². The normalized spacial score (nSPS) is 13.9. The van der Waals surface area contributed by atoms with E-state index in [-0.39, 0.29) is 25.7 Å². The van der Waals surface area contributed by atoms with Crippen molar-refractivity contribution < 1.29 is 28.3 Å². The second kappa shape index (κ2) is 18.2. The van der Waals surface area contributed by atoms with Gasteiger partial charge in [-0.25, -0.2) is 0 Å². The second-order valence-electron chi connectivity index (χ2n) is 16.3. The average Bonchev–Trinajstić information content (AvgIpc) is 3.61. The van der Waals surface area contributed by atoms with E-state index in [1.807, 2.05) is 94.6 Å². The zero-order valence-electron chi connectivity index (χ0n) is 40.8. The molecule has 58 heavy (non-hydrogen) atoms. The van der Waals surface area contributed by atoms with Gasteiger partial charge >= 0.3 is 0 Å². The third-order valence-electron chi connectivity index (χ3n) is 10.4. The van der Waals surface area contributed by atoms with Crippen molar-refractivity contribution in [1.82, 2.24) is 9.97 Å². The van der Waals surface area contributed by atoms with E-state index in [1.54, 1.807) is 31.3 Å². The molecule has 5 aromatic carbocycles. The van der Waals surface area contributed by atoms with Crippen molar-refractivity contribution in [3.63, 3.8) is 0 Å². The molecule has 0 saturated carbocycles. The Hall–Kier alpha value is -4.51. The van der Waals surface area contributed by atoms with Crippen molar-refractivity contribution in [3.8, 4) is 44.8 Å². The van der Waals surface area contributed by atoms with Crippen LogP contribution in [0.5, 0.6) is 0 Å². The minimum absolute atomic E-state index is 0. The standard InChI is InChI=1S/C33H26NS.C20H28NSi.Ir/c1-21(2)29-19-30(34-20-22(29)3)27-17-16-26(24-12-8-5-9-13-24)32-28-15-14-25(18-31(28)35-33(27)32)23-10-6-4-7-11-23;1-14(2)16-8-10-17(11-9-16)19-12-18(15(3)4)20(13-21-19)22(5,6)7;/h4-16,18-21H,1-3H3;8-10,12-15H,1-7H3;/q2*-1;/i3D3,21D;14D,15D;. The molecule has 3 aromatic heterocycles. The Bertz CT molecular complexity index is 2910. The number of aromatic nitrogens is 2. The van der Waals surface area contributed by atoms with Crippen molar-refractivity contribution in [2.24, 2.45) is 0 Å². The number of nitrogens with zero attached hydrogens (tertiary/aromatic N) is 2. The van der Waals surface area contributed by atoms with Gasteiger partial charge in [-0.3, -0.25) is 0 Å². The molecule has 0 aliphatic rings. The summed E-state index contributed by atoms with van der Waals surface area (Å²) >= 11 is 1.69. The fourth-order valence-corrected chi connectivity index (χ4v) is 10.0. The van der Waals surface area contributed by atoms with Crippen LogP contribution in [0.4, 0.5) is 0 Å². The Morgan fingerprint density at radius 2 is 1.31 bits per heavy atom. The molecule has 8 aromatic rings. The molecule has 5 heteroatoms. The number of benzene rings is 5. The molecule has 0 bridgehead atoms. The molecular formula is C53H54IrN2SSi-2. The number of pyridine rings is 2. The molecule has 0 aliphatic heterocycles. The number of hydrogen-bond donors (Lipinski definition) is 0. The topological polar surface area (TPSA) is 25.8 Å². The zero-order chi connectivity index (χ0) is 45.7. The molecule has 0 amide bonds. The van der Waals surface area contributed by atoms with Crippen LogP contribution in [0.3, 0.4) is 0 Å². The van der Waals surface area contributed by atoms with Crippen LogP contribution in [0.1, 0.15) is 89.7 Å². The minimum Gasteiger partial charge on any atom is -0.305 e. The molecule has 0 unspecified atom stereocenters. The first-order valence-corrected chi connectivity index (χ1v) is 23.8. The summed E-state index contributed by atoms with van der Waals surface area (Å²) in [7, 11) is -1.56. The first kappa shape index (κ1) is 35.4. The summed E-state index contributed by atoms with van der Waals surface area (Å²) in [5.41, 5.74) is 10.3. The number of thiophene rings is 1.